The number of benzene rings is 2. The predicted octanol–water partition coefficient (Wildman–Crippen LogP) is 3.09. The quantitative estimate of drug-likeness (QED) is 0.694. The van der Waals surface area contributed by atoms with Gasteiger partial charge >= 0.3 is 4.87 Å². The largest absolute Gasteiger partial charge is 0.308 e. The average molecular weight is 287 g/mol. The van der Waals surface area contributed by atoms with Crippen molar-refractivity contribution < 1.29 is 9.18 Å². The second kappa shape index (κ2) is 5.02. The van der Waals surface area contributed by atoms with Gasteiger partial charge < -0.3 is 0 Å². The van der Waals surface area contributed by atoms with Gasteiger partial charge in [0.25, 0.3) is 0 Å². The van der Waals surface area contributed by atoms with Gasteiger partial charge in [0.2, 0.25) is 0 Å². The minimum Gasteiger partial charge on any atom is -0.292 e. The first-order valence-corrected chi connectivity index (χ1v) is 6.84. The Morgan fingerprint density at radius 3 is 2.55 bits per heavy atom. The van der Waals surface area contributed by atoms with Crippen LogP contribution in [0.1, 0.15) is 10.4 Å². The van der Waals surface area contributed by atoms with Crippen LogP contribution in [0.2, 0.25) is 0 Å². The van der Waals surface area contributed by atoms with Crippen LogP contribution in [0, 0.1) is 5.82 Å². The average Bonchev–Trinajstić information content (AvgIpc) is 2.76. The Morgan fingerprint density at radius 2 is 1.80 bits per heavy atom. The monoisotopic (exact) mass is 287 g/mol. The molecular weight excluding hydrogens is 277 g/mol. The van der Waals surface area contributed by atoms with Crippen molar-refractivity contribution in [3.8, 4) is 0 Å². The van der Waals surface area contributed by atoms with Crippen LogP contribution in [0.25, 0.3) is 10.2 Å². The second-order valence-electron chi connectivity index (χ2n) is 4.35. The molecule has 0 aliphatic heterocycles. The van der Waals surface area contributed by atoms with E-state index < -0.39 is 0 Å². The highest BCUT2D eigenvalue weighted by atomic mass is 32.1. The van der Waals surface area contributed by atoms with E-state index in [4.69, 9.17) is 0 Å². The van der Waals surface area contributed by atoms with Gasteiger partial charge in [-0.25, -0.2) is 4.39 Å². The molecule has 100 valence electrons. The smallest absolute Gasteiger partial charge is 0.292 e. The van der Waals surface area contributed by atoms with Crippen molar-refractivity contribution in [2.45, 2.75) is 6.54 Å². The molecule has 5 heteroatoms. The molecule has 3 aromatic rings. The Kier molecular flexibility index (Phi) is 3.20. The number of ketones is 1. The number of fused-ring (bicyclic) bond motifs is 1. The highest BCUT2D eigenvalue weighted by molar-refractivity contribution is 7.16. The molecule has 0 saturated heterocycles. The van der Waals surface area contributed by atoms with Gasteiger partial charge in [-0.15, -0.1) is 0 Å². The summed E-state index contributed by atoms with van der Waals surface area (Å²) in [7, 11) is 0. The summed E-state index contributed by atoms with van der Waals surface area (Å²) in [6.45, 7) is -0.0333. The Bertz CT molecular complexity index is 833. The fourth-order valence-electron chi connectivity index (χ4n) is 2.03. The first-order chi connectivity index (χ1) is 9.65. The molecule has 1 aromatic heterocycles. The zero-order valence-corrected chi connectivity index (χ0v) is 11.2. The van der Waals surface area contributed by atoms with Crippen LogP contribution >= 0.6 is 11.3 Å². The molecule has 0 amide bonds. The fraction of sp³-hybridized carbons (Fsp3) is 0.0667. The number of hydrogen-bond acceptors (Lipinski definition) is 3. The third-order valence-electron chi connectivity index (χ3n) is 3.04. The molecule has 0 unspecified atom stereocenters. The highest BCUT2D eigenvalue weighted by Crippen LogP contribution is 2.17. The number of nitrogens with zero attached hydrogens (tertiary/aromatic N) is 1. The topological polar surface area (TPSA) is 39.1 Å². The van der Waals surface area contributed by atoms with Crippen LogP contribution < -0.4 is 4.87 Å². The molecule has 2 aromatic carbocycles. The molecule has 0 fully saturated rings. The highest BCUT2D eigenvalue weighted by Gasteiger charge is 2.12. The lowest BCUT2D eigenvalue weighted by molar-refractivity contribution is 0.0973. The molecule has 0 N–H and O–H groups in total. The number of hydrogen-bond donors (Lipinski definition) is 0. The van der Waals surface area contributed by atoms with Gasteiger partial charge in [0.1, 0.15) is 5.82 Å². The number of rotatable bonds is 3. The maximum Gasteiger partial charge on any atom is 0.308 e. The van der Waals surface area contributed by atoms with E-state index in [1.165, 1.54) is 28.8 Å². The van der Waals surface area contributed by atoms with Gasteiger partial charge in [0.15, 0.2) is 5.78 Å². The zero-order chi connectivity index (χ0) is 14.1. The lowest BCUT2D eigenvalue weighted by Crippen LogP contribution is -2.19. The SMILES string of the molecule is O=C(Cn1c(=O)sc2ccccc21)c1ccc(F)cc1. The Labute approximate surface area is 117 Å². The molecule has 3 rings (SSSR count). The lowest BCUT2D eigenvalue weighted by Gasteiger charge is -2.03. The van der Waals surface area contributed by atoms with E-state index in [-0.39, 0.29) is 23.0 Å². The van der Waals surface area contributed by atoms with E-state index in [0.717, 1.165) is 21.6 Å². The third-order valence-corrected chi connectivity index (χ3v) is 4.00. The van der Waals surface area contributed by atoms with Gasteiger partial charge in [-0.05, 0) is 36.4 Å². The van der Waals surface area contributed by atoms with Gasteiger partial charge in [-0.1, -0.05) is 23.5 Å². The van der Waals surface area contributed by atoms with Crippen molar-refractivity contribution >= 4 is 27.3 Å². The fourth-order valence-corrected chi connectivity index (χ4v) is 2.92. The summed E-state index contributed by atoms with van der Waals surface area (Å²) in [5.74, 6) is -0.602. The predicted molar refractivity (Wildman–Crippen MR) is 76.8 cm³/mol. The number of halogens is 1. The molecule has 1 heterocycles. The molecule has 3 nitrogen and oxygen atoms in total. The van der Waals surface area contributed by atoms with Gasteiger partial charge in [-0.3, -0.25) is 14.2 Å². The molecule has 0 aliphatic rings. The van der Waals surface area contributed by atoms with Crippen LogP contribution in [-0.4, -0.2) is 10.4 Å². The van der Waals surface area contributed by atoms with Crippen LogP contribution in [0.3, 0.4) is 0 Å². The number of carbonyl (C=O) groups is 1. The Hall–Kier alpha value is -2.27. The van der Waals surface area contributed by atoms with Crippen molar-refractivity contribution in [3.05, 3.63) is 69.6 Å². The number of Topliss-reactive ketones (excluding diaryl/α,β-unsaturated/α-hetero) is 1. The number of para-hydroxylation sites is 1. The number of thiazole rings is 1. The van der Waals surface area contributed by atoms with Crippen molar-refractivity contribution in [2.75, 3.05) is 0 Å². The van der Waals surface area contributed by atoms with E-state index in [9.17, 15) is 14.0 Å². The summed E-state index contributed by atoms with van der Waals surface area (Å²) in [5.41, 5.74) is 1.14. The first kappa shape index (κ1) is 12.7. The van der Waals surface area contributed by atoms with Gasteiger partial charge in [0.05, 0.1) is 16.8 Å². The summed E-state index contributed by atoms with van der Waals surface area (Å²) in [4.78, 5) is 23.9. The third kappa shape index (κ3) is 2.28. The van der Waals surface area contributed by atoms with Crippen LogP contribution in [0.4, 0.5) is 4.39 Å². The summed E-state index contributed by atoms with van der Waals surface area (Å²) >= 11 is 1.11. The van der Waals surface area contributed by atoms with Gasteiger partial charge in [-0.2, -0.15) is 0 Å². The van der Waals surface area contributed by atoms with E-state index in [1.807, 2.05) is 24.3 Å². The van der Waals surface area contributed by atoms with E-state index in [0.29, 0.717) is 5.56 Å². The van der Waals surface area contributed by atoms with Crippen LogP contribution in [0.5, 0.6) is 0 Å². The summed E-state index contributed by atoms with van der Waals surface area (Å²) in [6.07, 6.45) is 0. The maximum absolute atomic E-state index is 12.8. The van der Waals surface area contributed by atoms with Crippen molar-refractivity contribution in [1.29, 1.82) is 0 Å². The standard InChI is InChI=1S/C15H10FNO2S/c16-11-7-5-10(6-8-11)13(18)9-17-12-3-1-2-4-14(12)20-15(17)19/h1-8H,9H2. The molecule has 20 heavy (non-hydrogen) atoms. The Balaban J connectivity index is 1.97. The minimum absolute atomic E-state index is 0.0333. The number of aromatic nitrogens is 1. The normalized spacial score (nSPS) is 10.8. The Morgan fingerprint density at radius 1 is 1.10 bits per heavy atom. The molecule has 0 bridgehead atoms. The van der Waals surface area contributed by atoms with Crippen LogP contribution in [-0.2, 0) is 6.54 Å². The van der Waals surface area contributed by atoms with E-state index in [1.54, 1.807) is 0 Å². The minimum atomic E-state index is -0.389. The maximum atomic E-state index is 12.8. The molecule has 0 saturated carbocycles. The second-order valence-corrected chi connectivity index (χ2v) is 5.35. The summed E-state index contributed by atoms with van der Waals surface area (Å²) in [5, 5.41) is 0. The van der Waals surface area contributed by atoms with Gasteiger partial charge in [0, 0.05) is 5.56 Å². The lowest BCUT2D eigenvalue weighted by atomic mass is 10.1. The molecule has 0 aliphatic carbocycles. The summed E-state index contributed by atoms with van der Waals surface area (Å²) < 4.78 is 15.1. The van der Waals surface area contributed by atoms with E-state index >= 15 is 0 Å². The first-order valence-electron chi connectivity index (χ1n) is 6.02. The van der Waals surface area contributed by atoms with Crippen molar-refractivity contribution in [3.63, 3.8) is 0 Å². The number of carbonyl (C=O) groups excluding carboxylic acids is 1. The molecule has 0 spiro atoms. The van der Waals surface area contributed by atoms with Crippen LogP contribution in [0.15, 0.2) is 53.3 Å². The molecule has 0 atom stereocenters. The van der Waals surface area contributed by atoms with E-state index in [2.05, 4.69) is 0 Å². The zero-order valence-electron chi connectivity index (χ0n) is 10.4. The molecular formula is C15H10FNO2S. The summed E-state index contributed by atoms with van der Waals surface area (Å²) in [6, 6.07) is 12.7. The van der Waals surface area contributed by atoms with Crippen molar-refractivity contribution in [1.82, 2.24) is 4.57 Å². The molecule has 0 radical (unpaired) electrons. The van der Waals surface area contributed by atoms with Crippen molar-refractivity contribution in [2.24, 2.45) is 0 Å².